The summed E-state index contributed by atoms with van der Waals surface area (Å²) in [5, 5.41) is 7.37. The molecule has 0 unspecified atom stereocenters. The van der Waals surface area contributed by atoms with Crippen LogP contribution >= 0.6 is 11.3 Å². The Balaban J connectivity index is 0.000000208. The van der Waals surface area contributed by atoms with Gasteiger partial charge in [0.25, 0.3) is 0 Å². The van der Waals surface area contributed by atoms with E-state index in [2.05, 4.69) is 178 Å². The standard InChI is InChI=1S/C33H24N3S.C18H24NSi.Ir/c1-20-15-25(16-21(2)32(20)23-9-5-4-6-10-23)36-30-12-8-7-11-28(30)35-33(36)27-19-37-31-18-29-24(17-26(27)31)14-13-22(3)34-29;1-14(2)11-16-12-17(15-9-7-6-8-10-15)19-13-18(16)20(3,4)5;/h4-18H,1-3H3;6-9,12-14H,11H2,1-5H3;/q2*-1;. The van der Waals surface area contributed by atoms with Crippen LogP contribution in [0.25, 0.3) is 71.5 Å². The van der Waals surface area contributed by atoms with Crippen LogP contribution in [0.15, 0.2) is 128 Å². The van der Waals surface area contributed by atoms with Crippen molar-refractivity contribution < 1.29 is 20.1 Å². The van der Waals surface area contributed by atoms with Gasteiger partial charge in [-0.1, -0.05) is 121 Å². The zero-order chi connectivity index (χ0) is 39.8. The van der Waals surface area contributed by atoms with E-state index in [1.54, 1.807) is 11.3 Å². The first-order valence-corrected chi connectivity index (χ1v) is 24.1. The molecule has 0 saturated carbocycles. The third-order valence-electron chi connectivity index (χ3n) is 10.5. The van der Waals surface area contributed by atoms with Crippen molar-refractivity contribution in [3.8, 4) is 39.5 Å². The third kappa shape index (κ3) is 8.41. The molecular weight excluding hydrogens is 921 g/mol. The van der Waals surface area contributed by atoms with E-state index in [9.17, 15) is 0 Å². The molecule has 0 aliphatic rings. The van der Waals surface area contributed by atoms with Gasteiger partial charge in [0.1, 0.15) is 0 Å². The predicted molar refractivity (Wildman–Crippen MR) is 246 cm³/mol. The number of hydrogen-bond acceptors (Lipinski definition) is 4. The summed E-state index contributed by atoms with van der Waals surface area (Å²) in [6.45, 7) is 18.2. The van der Waals surface area contributed by atoms with Gasteiger partial charge in [0.05, 0.1) is 30.4 Å². The second kappa shape index (κ2) is 17.0. The summed E-state index contributed by atoms with van der Waals surface area (Å²) in [5.41, 5.74) is 14.9. The molecule has 4 nitrogen and oxygen atoms in total. The first-order chi connectivity index (χ1) is 27.4. The Morgan fingerprint density at radius 2 is 1.48 bits per heavy atom. The van der Waals surface area contributed by atoms with Crippen molar-refractivity contribution in [2.24, 2.45) is 5.92 Å². The predicted octanol–water partition coefficient (Wildman–Crippen LogP) is 13.1. The van der Waals surface area contributed by atoms with Gasteiger partial charge in [-0.2, -0.15) is 0 Å². The number of imidazole rings is 1. The second-order valence-electron chi connectivity index (χ2n) is 16.5. The Labute approximate surface area is 361 Å². The SMILES string of the molecule is CC(C)Cc1cc(-c2[c-]cccc2)ncc1[Si](C)(C)C.Cc1ccc2cc3c(-c4nc5ccccc5n4-c4cc(C)c(-c5ccccc5)c(C)c4)[c-]sc3cc2n1.[Ir]. The molecule has 58 heavy (non-hydrogen) atoms. The van der Waals surface area contributed by atoms with Gasteiger partial charge in [0.2, 0.25) is 0 Å². The molecule has 1 radical (unpaired) electrons. The number of fused-ring (bicyclic) bond motifs is 3. The number of rotatable bonds is 7. The number of aryl methyl sites for hydroxylation is 3. The molecule has 0 saturated heterocycles. The summed E-state index contributed by atoms with van der Waals surface area (Å²) >= 11 is 1.63. The van der Waals surface area contributed by atoms with Gasteiger partial charge >= 0.3 is 0 Å². The van der Waals surface area contributed by atoms with Crippen LogP contribution in [0.2, 0.25) is 19.6 Å². The molecule has 9 rings (SSSR count). The summed E-state index contributed by atoms with van der Waals surface area (Å²) in [6, 6.07) is 45.8. The molecule has 4 aromatic heterocycles. The number of aromatic nitrogens is 4. The second-order valence-corrected chi connectivity index (χ2v) is 22.4. The molecule has 5 aromatic carbocycles. The molecule has 0 bridgehead atoms. The van der Waals surface area contributed by atoms with Crippen molar-refractivity contribution in [3.63, 3.8) is 0 Å². The Kier molecular flexibility index (Phi) is 12.1. The quantitative estimate of drug-likeness (QED) is 0.118. The molecular formula is C51H48IrN4SSi-2. The summed E-state index contributed by atoms with van der Waals surface area (Å²) in [6.07, 6.45) is 3.24. The van der Waals surface area contributed by atoms with E-state index < -0.39 is 8.07 Å². The molecule has 9 aromatic rings. The van der Waals surface area contributed by atoms with E-state index in [0.29, 0.717) is 5.92 Å². The van der Waals surface area contributed by atoms with E-state index >= 15 is 0 Å². The van der Waals surface area contributed by atoms with Crippen molar-refractivity contribution in [1.82, 2.24) is 19.5 Å². The fraction of sp³-hybridized carbons (Fsp3) is 0.196. The van der Waals surface area contributed by atoms with Crippen molar-refractivity contribution in [2.45, 2.75) is 60.7 Å². The van der Waals surface area contributed by atoms with Gasteiger partial charge in [-0.25, -0.2) is 0 Å². The van der Waals surface area contributed by atoms with Crippen LogP contribution in [-0.4, -0.2) is 27.6 Å². The topological polar surface area (TPSA) is 43.6 Å². The van der Waals surface area contributed by atoms with Crippen LogP contribution in [-0.2, 0) is 26.5 Å². The number of hydrogen-bond donors (Lipinski definition) is 0. The maximum Gasteiger partial charge on any atom is 0.0798 e. The van der Waals surface area contributed by atoms with E-state index in [0.717, 1.165) is 67.8 Å². The maximum absolute atomic E-state index is 5.14. The number of para-hydroxylation sites is 2. The molecule has 0 atom stereocenters. The van der Waals surface area contributed by atoms with Crippen LogP contribution in [0.1, 0.15) is 36.2 Å². The summed E-state index contributed by atoms with van der Waals surface area (Å²) in [4.78, 5) is 14.6. The normalized spacial score (nSPS) is 11.5. The number of nitrogens with zero attached hydrogens (tertiary/aromatic N) is 4. The summed E-state index contributed by atoms with van der Waals surface area (Å²) in [7, 11) is -1.34. The minimum absolute atomic E-state index is 0. The zero-order valence-electron chi connectivity index (χ0n) is 34.4. The van der Waals surface area contributed by atoms with E-state index in [1.807, 2.05) is 25.1 Å². The molecule has 0 amide bonds. The van der Waals surface area contributed by atoms with Crippen molar-refractivity contribution >= 4 is 56.6 Å². The van der Waals surface area contributed by atoms with Crippen molar-refractivity contribution in [1.29, 1.82) is 0 Å². The monoisotopic (exact) mass is 969 g/mol. The summed E-state index contributed by atoms with van der Waals surface area (Å²) < 4.78 is 3.46. The molecule has 7 heteroatoms. The van der Waals surface area contributed by atoms with Crippen LogP contribution in [0.5, 0.6) is 0 Å². The average Bonchev–Trinajstić information content (AvgIpc) is 3.78. The average molecular weight is 969 g/mol. The van der Waals surface area contributed by atoms with Crippen molar-refractivity contribution in [3.05, 3.63) is 161 Å². The molecule has 0 aliphatic carbocycles. The zero-order valence-corrected chi connectivity index (χ0v) is 38.7. The minimum atomic E-state index is -1.34. The van der Waals surface area contributed by atoms with Gasteiger partial charge in [0, 0.05) is 37.7 Å². The number of thiophene rings is 1. The minimum Gasteiger partial charge on any atom is -0.333 e. The molecule has 4 heterocycles. The Morgan fingerprint density at radius 1 is 0.759 bits per heavy atom. The van der Waals surface area contributed by atoms with Gasteiger partial charge in [-0.15, -0.1) is 41.3 Å². The van der Waals surface area contributed by atoms with Crippen LogP contribution in [0.3, 0.4) is 0 Å². The van der Waals surface area contributed by atoms with Gasteiger partial charge in [0.15, 0.2) is 0 Å². The first-order valence-electron chi connectivity index (χ1n) is 19.8. The van der Waals surface area contributed by atoms with Crippen LogP contribution in [0.4, 0.5) is 0 Å². The summed E-state index contributed by atoms with van der Waals surface area (Å²) in [5.74, 6) is 1.58. The van der Waals surface area contributed by atoms with Gasteiger partial charge in [-0.3, -0.25) is 21.3 Å². The molecule has 0 N–H and O–H groups in total. The molecule has 0 spiro atoms. The molecule has 293 valence electrons. The van der Waals surface area contributed by atoms with Crippen LogP contribution in [0, 0.1) is 38.1 Å². The van der Waals surface area contributed by atoms with Gasteiger partial charge < -0.3 is 9.55 Å². The van der Waals surface area contributed by atoms with E-state index in [-0.39, 0.29) is 20.1 Å². The number of pyridine rings is 2. The van der Waals surface area contributed by atoms with E-state index in [4.69, 9.17) is 9.97 Å². The largest absolute Gasteiger partial charge is 0.333 e. The maximum atomic E-state index is 5.14. The fourth-order valence-corrected chi connectivity index (χ4v) is 10.4. The van der Waals surface area contributed by atoms with Crippen molar-refractivity contribution in [2.75, 3.05) is 0 Å². The molecule has 0 fully saturated rings. The number of benzene rings is 5. The Bertz CT molecular complexity index is 2850. The molecule has 0 aliphatic heterocycles. The van der Waals surface area contributed by atoms with Crippen LogP contribution < -0.4 is 5.19 Å². The smallest absolute Gasteiger partial charge is 0.0798 e. The third-order valence-corrected chi connectivity index (χ3v) is 13.4. The van der Waals surface area contributed by atoms with E-state index in [1.165, 1.54) is 37.7 Å². The first kappa shape index (κ1) is 41.1. The Hall–Kier alpha value is -5.04. The fourth-order valence-electron chi connectivity index (χ4n) is 7.93. The Morgan fingerprint density at radius 3 is 2.19 bits per heavy atom. The van der Waals surface area contributed by atoms with Gasteiger partial charge in [-0.05, 0) is 102 Å².